The minimum atomic E-state index is -3.71. The summed E-state index contributed by atoms with van der Waals surface area (Å²) < 4.78 is 23.9. The number of carbonyl (C=O) groups excluding carboxylic acids is 1. The maximum Gasteiger partial charge on any atom is 0.232 e. The van der Waals surface area contributed by atoms with Gasteiger partial charge in [-0.3, -0.25) is 9.69 Å². The van der Waals surface area contributed by atoms with Crippen LogP contribution < -0.4 is 4.90 Å². The van der Waals surface area contributed by atoms with Gasteiger partial charge in [0.15, 0.2) is 11.6 Å². The minimum absolute atomic E-state index is 0.0459. The number of rotatable bonds is 4. The Labute approximate surface area is 142 Å². The van der Waals surface area contributed by atoms with Gasteiger partial charge in [-0.2, -0.15) is 15.0 Å². The second-order valence-corrected chi connectivity index (χ2v) is 8.19. The van der Waals surface area contributed by atoms with Crippen LogP contribution in [-0.4, -0.2) is 41.4 Å². The quantitative estimate of drug-likeness (QED) is 0.749. The Hall–Kier alpha value is -2.44. The highest BCUT2D eigenvalue weighted by Gasteiger charge is 2.36. The third-order valence-corrected chi connectivity index (χ3v) is 4.87. The molecule has 1 fully saturated rings. The smallest absolute Gasteiger partial charge is 0.232 e. The maximum atomic E-state index is 12.3. The number of hydrogen-bond donors (Lipinski definition) is 0. The van der Waals surface area contributed by atoms with Crippen molar-refractivity contribution in [2.45, 2.75) is 6.42 Å². The van der Waals surface area contributed by atoms with Gasteiger partial charge in [0.2, 0.25) is 15.0 Å². The van der Waals surface area contributed by atoms with Crippen LogP contribution in [0.3, 0.4) is 0 Å². The van der Waals surface area contributed by atoms with Crippen LogP contribution in [0, 0.1) is 17.2 Å². The molecular formula is C14H12ClN5O3S. The molecule has 0 radical (unpaired) electrons. The molecule has 124 valence electrons. The molecule has 1 atom stereocenters. The van der Waals surface area contributed by atoms with Crippen molar-refractivity contribution in [3.05, 3.63) is 36.2 Å². The van der Waals surface area contributed by atoms with Gasteiger partial charge in [-0.25, -0.2) is 13.4 Å². The second-order valence-electron chi connectivity index (χ2n) is 5.37. The summed E-state index contributed by atoms with van der Waals surface area (Å²) in [7, 11) is 1.57. The summed E-state index contributed by atoms with van der Waals surface area (Å²) in [5, 5.41) is 13.4. The first kappa shape index (κ1) is 16.4. The fourth-order valence-corrected chi connectivity index (χ4v) is 4.03. The fourth-order valence-electron chi connectivity index (χ4n) is 2.71. The molecule has 1 amide bonds. The average Bonchev–Trinajstić information content (AvgIpc) is 3.09. The number of nitriles is 1. The van der Waals surface area contributed by atoms with E-state index in [1.807, 2.05) is 6.07 Å². The average molecular weight is 366 g/mol. The Balaban J connectivity index is 1.99. The number of carbonyl (C=O) groups is 1. The molecule has 10 heteroatoms. The zero-order valence-electron chi connectivity index (χ0n) is 12.3. The highest BCUT2D eigenvalue weighted by molar-refractivity contribution is 8.13. The van der Waals surface area contributed by atoms with Gasteiger partial charge in [0.05, 0.1) is 11.9 Å². The van der Waals surface area contributed by atoms with E-state index in [1.54, 1.807) is 24.4 Å². The van der Waals surface area contributed by atoms with Gasteiger partial charge in [0.25, 0.3) is 0 Å². The van der Waals surface area contributed by atoms with Crippen LogP contribution in [0.2, 0.25) is 0 Å². The molecule has 0 spiro atoms. The Morgan fingerprint density at radius 1 is 1.42 bits per heavy atom. The third-order valence-electron chi connectivity index (χ3n) is 3.63. The molecule has 24 heavy (non-hydrogen) atoms. The maximum absolute atomic E-state index is 12.3. The molecule has 3 heterocycles. The number of nitrogens with zero attached hydrogens (tertiary/aromatic N) is 5. The predicted molar refractivity (Wildman–Crippen MR) is 86.2 cm³/mol. The van der Waals surface area contributed by atoms with Crippen LogP contribution in [0.25, 0.3) is 5.82 Å². The monoisotopic (exact) mass is 365 g/mol. The minimum Gasteiger partial charge on any atom is -0.295 e. The van der Waals surface area contributed by atoms with Crippen molar-refractivity contribution in [2.75, 3.05) is 17.2 Å². The molecule has 1 aliphatic heterocycles. The van der Waals surface area contributed by atoms with E-state index in [1.165, 1.54) is 15.8 Å². The number of amides is 1. The predicted octanol–water partition coefficient (Wildman–Crippen LogP) is 1.06. The van der Waals surface area contributed by atoms with Gasteiger partial charge in [-0.05, 0) is 12.1 Å². The second kappa shape index (κ2) is 6.22. The van der Waals surface area contributed by atoms with Gasteiger partial charge in [0, 0.05) is 35.8 Å². The number of halogens is 1. The number of hydrogen-bond acceptors (Lipinski definition) is 6. The van der Waals surface area contributed by atoms with Crippen LogP contribution in [0.5, 0.6) is 0 Å². The van der Waals surface area contributed by atoms with E-state index in [2.05, 4.69) is 10.1 Å². The highest BCUT2D eigenvalue weighted by atomic mass is 35.7. The molecule has 2 aromatic rings. The molecule has 1 unspecified atom stereocenters. The Morgan fingerprint density at radius 3 is 2.83 bits per heavy atom. The van der Waals surface area contributed by atoms with Crippen molar-refractivity contribution >= 4 is 31.5 Å². The van der Waals surface area contributed by atoms with Crippen molar-refractivity contribution in [2.24, 2.45) is 5.92 Å². The van der Waals surface area contributed by atoms with Crippen molar-refractivity contribution in [1.29, 1.82) is 5.26 Å². The topological polar surface area (TPSA) is 109 Å². The van der Waals surface area contributed by atoms with Crippen molar-refractivity contribution in [1.82, 2.24) is 14.8 Å². The number of aromatic nitrogens is 3. The van der Waals surface area contributed by atoms with Crippen LogP contribution >= 0.6 is 10.7 Å². The summed E-state index contributed by atoms with van der Waals surface area (Å²) in [5.41, 5.74) is 0.211. The van der Waals surface area contributed by atoms with Crippen LogP contribution in [-0.2, 0) is 13.8 Å². The van der Waals surface area contributed by atoms with Crippen molar-refractivity contribution in [3.63, 3.8) is 0 Å². The normalized spacial score (nSPS) is 17.9. The fraction of sp³-hybridized carbons (Fsp3) is 0.286. The molecular weight excluding hydrogens is 354 g/mol. The summed E-state index contributed by atoms with van der Waals surface area (Å²) >= 11 is 0. The van der Waals surface area contributed by atoms with E-state index in [0.29, 0.717) is 5.82 Å². The van der Waals surface area contributed by atoms with Gasteiger partial charge in [-0.1, -0.05) is 6.07 Å². The van der Waals surface area contributed by atoms with E-state index < -0.39 is 15.0 Å². The molecule has 0 N–H and O–H groups in total. The first-order chi connectivity index (χ1) is 11.4. The molecule has 0 saturated carbocycles. The van der Waals surface area contributed by atoms with Crippen molar-refractivity contribution in [3.8, 4) is 11.9 Å². The SMILES string of the molecule is N#Cc1cnn(-c2ccccn2)c1N1CC(CS(=O)(=O)Cl)CC1=O. The summed E-state index contributed by atoms with van der Waals surface area (Å²) in [5.74, 6) is -0.268. The molecule has 2 aromatic heterocycles. The van der Waals surface area contributed by atoms with E-state index in [9.17, 15) is 18.5 Å². The molecule has 0 aromatic carbocycles. The lowest BCUT2D eigenvalue weighted by Gasteiger charge is -2.18. The summed E-state index contributed by atoms with van der Waals surface area (Å²) in [6.07, 6.45) is 2.97. The van der Waals surface area contributed by atoms with Gasteiger partial charge in [-0.15, -0.1) is 0 Å². The van der Waals surface area contributed by atoms with Gasteiger partial charge in [0.1, 0.15) is 11.6 Å². The first-order valence-electron chi connectivity index (χ1n) is 7.01. The highest BCUT2D eigenvalue weighted by Crippen LogP contribution is 2.30. The molecule has 1 aliphatic rings. The molecule has 8 nitrogen and oxygen atoms in total. The van der Waals surface area contributed by atoms with E-state index >= 15 is 0 Å². The standard InChI is InChI=1S/C14H12ClN5O3S/c15-24(22,23)9-10-5-13(21)19(8-10)14-11(6-16)7-18-20(14)12-3-1-2-4-17-12/h1-4,7,10H,5,8-9H2. The van der Waals surface area contributed by atoms with Gasteiger partial charge >= 0.3 is 0 Å². The Bertz CT molecular complexity index is 920. The summed E-state index contributed by atoms with van der Waals surface area (Å²) in [6, 6.07) is 7.19. The molecule has 0 bridgehead atoms. The van der Waals surface area contributed by atoms with E-state index in [4.69, 9.17) is 10.7 Å². The van der Waals surface area contributed by atoms with Gasteiger partial charge < -0.3 is 0 Å². The summed E-state index contributed by atoms with van der Waals surface area (Å²) in [6.45, 7) is 0.151. The van der Waals surface area contributed by atoms with E-state index in [0.717, 1.165) is 0 Å². The van der Waals surface area contributed by atoms with E-state index in [-0.39, 0.29) is 36.0 Å². The zero-order valence-corrected chi connectivity index (χ0v) is 13.9. The largest absolute Gasteiger partial charge is 0.295 e. The lowest BCUT2D eigenvalue weighted by Crippen LogP contribution is -2.28. The van der Waals surface area contributed by atoms with Crippen LogP contribution in [0.4, 0.5) is 5.82 Å². The summed E-state index contributed by atoms with van der Waals surface area (Å²) in [4.78, 5) is 17.9. The number of pyridine rings is 1. The van der Waals surface area contributed by atoms with Crippen LogP contribution in [0.1, 0.15) is 12.0 Å². The lowest BCUT2D eigenvalue weighted by atomic mass is 10.1. The number of anilines is 1. The lowest BCUT2D eigenvalue weighted by molar-refractivity contribution is -0.117. The van der Waals surface area contributed by atoms with Crippen molar-refractivity contribution < 1.29 is 13.2 Å². The van der Waals surface area contributed by atoms with Crippen LogP contribution in [0.15, 0.2) is 30.6 Å². The molecule has 3 rings (SSSR count). The third kappa shape index (κ3) is 3.25. The molecule has 1 saturated heterocycles. The molecule has 0 aliphatic carbocycles. The Morgan fingerprint density at radius 2 is 2.21 bits per heavy atom. The first-order valence-corrected chi connectivity index (χ1v) is 9.49. The Kier molecular flexibility index (Phi) is 4.26. The zero-order chi connectivity index (χ0) is 17.3.